The predicted molar refractivity (Wildman–Crippen MR) is 92.5 cm³/mol. The van der Waals surface area contributed by atoms with Crippen LogP contribution in [0.15, 0.2) is 63.6 Å². The number of thiocarbonyl (C=S) groups is 1. The Bertz CT molecular complexity index is 855. The lowest BCUT2D eigenvalue weighted by atomic mass is 10.1. The SMILES string of the molecule is O=C(NC(=S)Nc1cccc(-c2ccc(CO)o2)c1)c1ccco1. The maximum Gasteiger partial charge on any atom is 0.293 e. The molecule has 3 N–H and O–H groups in total. The Morgan fingerprint density at radius 3 is 2.75 bits per heavy atom. The van der Waals surface area contributed by atoms with Gasteiger partial charge in [-0.1, -0.05) is 12.1 Å². The molecule has 0 atom stereocenters. The molecule has 7 heteroatoms. The van der Waals surface area contributed by atoms with Crippen LogP contribution < -0.4 is 10.6 Å². The Morgan fingerprint density at radius 2 is 2.04 bits per heavy atom. The maximum atomic E-state index is 11.9. The van der Waals surface area contributed by atoms with Gasteiger partial charge in [-0.25, -0.2) is 0 Å². The third kappa shape index (κ3) is 3.70. The molecule has 0 aliphatic carbocycles. The molecule has 0 bridgehead atoms. The van der Waals surface area contributed by atoms with Crippen LogP contribution in [0.25, 0.3) is 11.3 Å². The highest BCUT2D eigenvalue weighted by atomic mass is 32.1. The van der Waals surface area contributed by atoms with Crippen molar-refractivity contribution in [3.05, 3.63) is 66.3 Å². The topological polar surface area (TPSA) is 87.6 Å². The van der Waals surface area contributed by atoms with Gasteiger partial charge in [-0.3, -0.25) is 10.1 Å². The van der Waals surface area contributed by atoms with E-state index in [2.05, 4.69) is 10.6 Å². The molecule has 24 heavy (non-hydrogen) atoms. The first-order chi connectivity index (χ1) is 11.7. The molecule has 3 rings (SSSR count). The molecule has 0 fully saturated rings. The summed E-state index contributed by atoms with van der Waals surface area (Å²) in [6, 6.07) is 14.0. The number of amides is 1. The van der Waals surface area contributed by atoms with Gasteiger partial charge in [0.2, 0.25) is 0 Å². The monoisotopic (exact) mass is 342 g/mol. The Hall–Kier alpha value is -2.90. The lowest BCUT2D eigenvalue weighted by molar-refractivity contribution is 0.0950. The van der Waals surface area contributed by atoms with Crippen LogP contribution >= 0.6 is 12.2 Å². The molecule has 6 nitrogen and oxygen atoms in total. The average molecular weight is 342 g/mol. The largest absolute Gasteiger partial charge is 0.459 e. The average Bonchev–Trinajstić information content (AvgIpc) is 3.26. The highest BCUT2D eigenvalue weighted by Gasteiger charge is 2.11. The van der Waals surface area contributed by atoms with Gasteiger partial charge in [-0.05, 0) is 48.6 Å². The summed E-state index contributed by atoms with van der Waals surface area (Å²) in [5.41, 5.74) is 1.51. The van der Waals surface area contributed by atoms with Crippen LogP contribution in [0.5, 0.6) is 0 Å². The summed E-state index contributed by atoms with van der Waals surface area (Å²) in [4.78, 5) is 11.9. The summed E-state index contributed by atoms with van der Waals surface area (Å²) < 4.78 is 10.5. The van der Waals surface area contributed by atoms with E-state index in [0.29, 0.717) is 17.2 Å². The lowest BCUT2D eigenvalue weighted by Gasteiger charge is -2.09. The first-order valence-electron chi connectivity index (χ1n) is 7.11. The van der Waals surface area contributed by atoms with Crippen molar-refractivity contribution < 1.29 is 18.7 Å². The number of aliphatic hydroxyl groups is 1. The molecule has 2 aromatic heterocycles. The van der Waals surface area contributed by atoms with Crippen molar-refractivity contribution in [1.29, 1.82) is 0 Å². The molecule has 0 saturated heterocycles. The van der Waals surface area contributed by atoms with Crippen molar-refractivity contribution in [3.8, 4) is 11.3 Å². The first kappa shape index (κ1) is 16.0. The Morgan fingerprint density at radius 1 is 1.17 bits per heavy atom. The number of anilines is 1. The Balaban J connectivity index is 1.68. The van der Waals surface area contributed by atoms with Crippen molar-refractivity contribution in [2.75, 3.05) is 5.32 Å². The minimum Gasteiger partial charge on any atom is -0.459 e. The van der Waals surface area contributed by atoms with E-state index in [1.807, 2.05) is 24.3 Å². The van der Waals surface area contributed by atoms with Crippen molar-refractivity contribution in [3.63, 3.8) is 0 Å². The van der Waals surface area contributed by atoms with Gasteiger partial charge in [0.15, 0.2) is 10.9 Å². The minimum atomic E-state index is -0.424. The van der Waals surface area contributed by atoms with Crippen molar-refractivity contribution in [2.45, 2.75) is 6.61 Å². The zero-order valence-corrected chi connectivity index (χ0v) is 13.3. The minimum absolute atomic E-state index is 0.152. The van der Waals surface area contributed by atoms with E-state index in [1.54, 1.807) is 24.3 Å². The fraction of sp³-hybridized carbons (Fsp3) is 0.0588. The first-order valence-corrected chi connectivity index (χ1v) is 7.52. The number of carbonyl (C=O) groups excluding carboxylic acids is 1. The van der Waals surface area contributed by atoms with Crippen molar-refractivity contribution in [1.82, 2.24) is 5.32 Å². The molecule has 0 saturated carbocycles. The van der Waals surface area contributed by atoms with Gasteiger partial charge < -0.3 is 19.3 Å². The summed E-state index contributed by atoms with van der Waals surface area (Å²) >= 11 is 5.13. The van der Waals surface area contributed by atoms with Gasteiger partial charge in [0, 0.05) is 11.3 Å². The number of hydrogen-bond acceptors (Lipinski definition) is 5. The smallest absolute Gasteiger partial charge is 0.293 e. The van der Waals surface area contributed by atoms with E-state index in [1.165, 1.54) is 6.26 Å². The van der Waals surface area contributed by atoms with Gasteiger partial charge in [0.1, 0.15) is 18.1 Å². The second kappa shape index (κ2) is 7.12. The summed E-state index contributed by atoms with van der Waals surface area (Å²) in [5, 5.41) is 14.7. The molecule has 0 aliphatic heterocycles. The Kier molecular flexibility index (Phi) is 4.74. The zero-order chi connectivity index (χ0) is 16.9. The Labute approximate surface area is 143 Å². The van der Waals surface area contributed by atoms with E-state index >= 15 is 0 Å². The lowest BCUT2D eigenvalue weighted by Crippen LogP contribution is -2.33. The van der Waals surface area contributed by atoms with Crippen LogP contribution in [0, 0.1) is 0 Å². The second-order valence-electron chi connectivity index (χ2n) is 4.89. The van der Waals surface area contributed by atoms with E-state index < -0.39 is 5.91 Å². The normalized spacial score (nSPS) is 10.4. The van der Waals surface area contributed by atoms with E-state index in [-0.39, 0.29) is 17.5 Å². The standard InChI is InChI=1S/C17H14N2O4S/c20-10-13-6-7-14(23-13)11-3-1-4-12(9-11)18-17(24)19-16(21)15-5-2-8-22-15/h1-9,20H,10H2,(H2,18,19,21,24). The third-order valence-corrected chi connectivity index (χ3v) is 3.40. The van der Waals surface area contributed by atoms with Gasteiger partial charge in [-0.2, -0.15) is 0 Å². The third-order valence-electron chi connectivity index (χ3n) is 3.19. The van der Waals surface area contributed by atoms with Crippen LogP contribution in [0.3, 0.4) is 0 Å². The van der Waals surface area contributed by atoms with Gasteiger partial charge in [-0.15, -0.1) is 0 Å². The predicted octanol–water partition coefficient (Wildman–Crippen LogP) is 3.16. The van der Waals surface area contributed by atoms with Crippen LogP contribution in [-0.2, 0) is 6.61 Å². The molecular weight excluding hydrogens is 328 g/mol. The molecule has 122 valence electrons. The highest BCUT2D eigenvalue weighted by molar-refractivity contribution is 7.80. The molecule has 0 aliphatic rings. The molecule has 1 aromatic carbocycles. The number of nitrogens with one attached hydrogen (secondary N) is 2. The van der Waals surface area contributed by atoms with Gasteiger partial charge >= 0.3 is 0 Å². The number of benzene rings is 1. The number of aliphatic hydroxyl groups excluding tert-OH is 1. The van der Waals surface area contributed by atoms with E-state index in [4.69, 9.17) is 26.2 Å². The molecule has 0 spiro atoms. The number of hydrogen-bond donors (Lipinski definition) is 3. The van der Waals surface area contributed by atoms with Crippen LogP contribution in [0.4, 0.5) is 5.69 Å². The van der Waals surface area contributed by atoms with E-state index in [9.17, 15) is 4.79 Å². The van der Waals surface area contributed by atoms with E-state index in [0.717, 1.165) is 5.56 Å². The highest BCUT2D eigenvalue weighted by Crippen LogP contribution is 2.24. The molecule has 0 radical (unpaired) electrons. The second-order valence-corrected chi connectivity index (χ2v) is 5.30. The summed E-state index contributed by atoms with van der Waals surface area (Å²) in [5.74, 6) is 0.880. The molecule has 0 unspecified atom stereocenters. The fourth-order valence-electron chi connectivity index (χ4n) is 2.10. The fourth-order valence-corrected chi connectivity index (χ4v) is 2.31. The molecule has 2 heterocycles. The van der Waals surface area contributed by atoms with Crippen molar-refractivity contribution in [2.24, 2.45) is 0 Å². The van der Waals surface area contributed by atoms with Crippen molar-refractivity contribution >= 4 is 28.9 Å². The number of furan rings is 2. The van der Waals surface area contributed by atoms with Crippen LogP contribution in [0.1, 0.15) is 16.3 Å². The zero-order valence-electron chi connectivity index (χ0n) is 12.5. The number of rotatable bonds is 4. The number of carbonyl (C=O) groups is 1. The molecule has 3 aromatic rings. The van der Waals surface area contributed by atoms with Gasteiger partial charge in [0.05, 0.1) is 6.26 Å². The van der Waals surface area contributed by atoms with Crippen LogP contribution in [0.2, 0.25) is 0 Å². The summed E-state index contributed by atoms with van der Waals surface area (Å²) in [7, 11) is 0. The molecular formula is C17H14N2O4S. The maximum absolute atomic E-state index is 11.9. The summed E-state index contributed by atoms with van der Waals surface area (Å²) in [6.07, 6.45) is 1.42. The quantitative estimate of drug-likeness (QED) is 0.631. The molecule has 1 amide bonds. The van der Waals surface area contributed by atoms with Gasteiger partial charge in [0.25, 0.3) is 5.91 Å². The van der Waals surface area contributed by atoms with Crippen LogP contribution in [-0.4, -0.2) is 16.1 Å². The summed E-state index contributed by atoms with van der Waals surface area (Å²) in [6.45, 7) is -0.152.